The van der Waals surface area contributed by atoms with Crippen LogP contribution < -0.4 is 0 Å². The van der Waals surface area contributed by atoms with Crippen LogP contribution in [0.5, 0.6) is 0 Å². The Hall–Kier alpha value is -1.35. The van der Waals surface area contributed by atoms with Crippen molar-refractivity contribution < 1.29 is 9.90 Å². The zero-order valence-electron chi connectivity index (χ0n) is 12.8. The molecule has 2 aliphatic rings. The molecule has 1 aromatic carbocycles. The van der Waals surface area contributed by atoms with Crippen LogP contribution in [0.25, 0.3) is 0 Å². The molecule has 1 aromatic rings. The molecular weight excluding hydrogens is 262 g/mol. The van der Waals surface area contributed by atoms with E-state index in [0.29, 0.717) is 0 Å². The van der Waals surface area contributed by atoms with Gasteiger partial charge in [0, 0.05) is 13.1 Å². The van der Waals surface area contributed by atoms with Gasteiger partial charge >= 0.3 is 5.97 Å². The molecule has 21 heavy (non-hydrogen) atoms. The van der Waals surface area contributed by atoms with Gasteiger partial charge in [-0.25, -0.2) is 0 Å². The highest BCUT2D eigenvalue weighted by atomic mass is 16.4. The summed E-state index contributed by atoms with van der Waals surface area (Å²) in [5.41, 5.74) is 2.11. The lowest BCUT2D eigenvalue weighted by Gasteiger charge is -2.27. The second-order valence-corrected chi connectivity index (χ2v) is 6.97. The van der Waals surface area contributed by atoms with Crippen LogP contribution in [0.4, 0.5) is 0 Å². The molecular formula is C18H25NO2. The van der Waals surface area contributed by atoms with Crippen molar-refractivity contribution in [3.05, 3.63) is 35.4 Å². The lowest BCUT2D eigenvalue weighted by molar-refractivity contribution is -0.136. The molecule has 2 fully saturated rings. The molecule has 0 saturated heterocycles. The molecule has 0 spiro atoms. The van der Waals surface area contributed by atoms with Crippen LogP contribution in [-0.2, 0) is 17.8 Å². The normalized spacial score (nSPS) is 27.4. The van der Waals surface area contributed by atoms with E-state index in [1.54, 1.807) is 0 Å². The van der Waals surface area contributed by atoms with Crippen molar-refractivity contribution >= 4 is 5.97 Å². The fraction of sp³-hybridized carbons (Fsp3) is 0.611. The number of carboxylic acids is 1. The quantitative estimate of drug-likeness (QED) is 0.873. The van der Waals surface area contributed by atoms with E-state index < -0.39 is 5.97 Å². The molecule has 2 aliphatic carbocycles. The number of aliphatic carboxylic acids is 1. The molecule has 0 aliphatic heterocycles. The van der Waals surface area contributed by atoms with Crippen LogP contribution in [-0.4, -0.2) is 29.6 Å². The highest BCUT2D eigenvalue weighted by molar-refractivity contribution is 5.70. The van der Waals surface area contributed by atoms with Gasteiger partial charge in [-0.05, 0) is 55.2 Å². The van der Waals surface area contributed by atoms with Gasteiger partial charge in [0.05, 0.1) is 6.42 Å². The molecule has 3 unspecified atom stereocenters. The van der Waals surface area contributed by atoms with Crippen LogP contribution in [0.1, 0.15) is 36.8 Å². The van der Waals surface area contributed by atoms with Crippen LogP contribution in [0, 0.1) is 17.8 Å². The van der Waals surface area contributed by atoms with E-state index in [1.807, 2.05) is 18.2 Å². The monoisotopic (exact) mass is 287 g/mol. The molecule has 3 rings (SSSR count). The molecule has 114 valence electrons. The number of carbonyl (C=O) groups is 1. The van der Waals surface area contributed by atoms with E-state index in [1.165, 1.54) is 25.7 Å². The fourth-order valence-corrected chi connectivity index (χ4v) is 4.40. The largest absolute Gasteiger partial charge is 0.481 e. The lowest BCUT2D eigenvalue weighted by Crippen LogP contribution is -2.28. The van der Waals surface area contributed by atoms with Gasteiger partial charge in [0.15, 0.2) is 0 Å². The Kier molecular flexibility index (Phi) is 4.29. The number of hydrogen-bond acceptors (Lipinski definition) is 2. The molecule has 1 N–H and O–H groups in total. The van der Waals surface area contributed by atoms with Crippen LogP contribution in [0.2, 0.25) is 0 Å². The zero-order chi connectivity index (χ0) is 14.8. The lowest BCUT2D eigenvalue weighted by atomic mass is 9.88. The Morgan fingerprint density at radius 1 is 1.24 bits per heavy atom. The number of benzene rings is 1. The summed E-state index contributed by atoms with van der Waals surface area (Å²) < 4.78 is 0. The van der Waals surface area contributed by atoms with E-state index in [2.05, 4.69) is 18.0 Å². The summed E-state index contributed by atoms with van der Waals surface area (Å²) in [6.45, 7) is 2.01. The van der Waals surface area contributed by atoms with E-state index in [-0.39, 0.29) is 6.42 Å². The second kappa shape index (κ2) is 6.18. The minimum Gasteiger partial charge on any atom is -0.481 e. The van der Waals surface area contributed by atoms with Gasteiger partial charge in [0.25, 0.3) is 0 Å². The van der Waals surface area contributed by atoms with Crippen molar-refractivity contribution in [1.82, 2.24) is 4.90 Å². The Balaban J connectivity index is 1.59. The van der Waals surface area contributed by atoms with E-state index in [4.69, 9.17) is 5.11 Å². The average Bonchev–Trinajstić information content (AvgIpc) is 3.02. The summed E-state index contributed by atoms with van der Waals surface area (Å²) >= 11 is 0. The van der Waals surface area contributed by atoms with E-state index >= 15 is 0 Å². The van der Waals surface area contributed by atoms with Crippen molar-refractivity contribution in [2.24, 2.45) is 17.8 Å². The number of rotatable bonds is 6. The van der Waals surface area contributed by atoms with Gasteiger partial charge in [-0.2, -0.15) is 0 Å². The summed E-state index contributed by atoms with van der Waals surface area (Å²) in [6.07, 6.45) is 5.86. The van der Waals surface area contributed by atoms with Gasteiger partial charge in [0.1, 0.15) is 0 Å². The highest BCUT2D eigenvalue weighted by Gasteiger charge is 2.39. The summed E-state index contributed by atoms with van der Waals surface area (Å²) in [7, 11) is 2.17. The molecule has 2 bridgehead atoms. The van der Waals surface area contributed by atoms with Crippen molar-refractivity contribution in [2.45, 2.75) is 38.6 Å². The summed E-state index contributed by atoms with van der Waals surface area (Å²) in [5.74, 6) is 2.05. The standard InChI is InChI=1S/C18H25NO2/c1-19(12-17-9-13-6-7-15(17)8-13)11-16-5-3-2-4-14(16)10-18(20)21/h2-5,13,15,17H,6-12H2,1H3,(H,20,21). The van der Waals surface area contributed by atoms with Crippen LogP contribution in [0.3, 0.4) is 0 Å². The number of nitrogens with zero attached hydrogens (tertiary/aromatic N) is 1. The first-order chi connectivity index (χ1) is 10.1. The maximum atomic E-state index is 11.0. The molecule has 0 heterocycles. The summed E-state index contributed by atoms with van der Waals surface area (Å²) in [6, 6.07) is 7.94. The minimum atomic E-state index is -0.752. The van der Waals surface area contributed by atoms with Gasteiger partial charge in [-0.15, -0.1) is 0 Å². The highest BCUT2D eigenvalue weighted by Crippen LogP contribution is 2.48. The summed E-state index contributed by atoms with van der Waals surface area (Å²) in [4.78, 5) is 13.3. The average molecular weight is 287 g/mol. The van der Waals surface area contributed by atoms with Crippen molar-refractivity contribution in [3.8, 4) is 0 Å². The third-order valence-corrected chi connectivity index (χ3v) is 5.33. The van der Waals surface area contributed by atoms with Gasteiger partial charge in [-0.3, -0.25) is 4.79 Å². The van der Waals surface area contributed by atoms with Crippen LogP contribution in [0.15, 0.2) is 24.3 Å². The van der Waals surface area contributed by atoms with Crippen molar-refractivity contribution in [3.63, 3.8) is 0 Å². The Bertz CT molecular complexity index is 514. The Labute approximate surface area is 127 Å². The predicted octanol–water partition coefficient (Wildman–Crippen LogP) is 3.18. The third kappa shape index (κ3) is 3.46. The molecule has 3 nitrogen and oxygen atoms in total. The minimum absolute atomic E-state index is 0.123. The Morgan fingerprint density at radius 2 is 2.00 bits per heavy atom. The fourth-order valence-electron chi connectivity index (χ4n) is 4.40. The first kappa shape index (κ1) is 14.6. The SMILES string of the molecule is CN(Cc1ccccc1CC(=O)O)CC1CC2CCC1C2. The molecule has 0 aromatic heterocycles. The zero-order valence-corrected chi connectivity index (χ0v) is 12.8. The van der Waals surface area contributed by atoms with Crippen molar-refractivity contribution in [1.29, 1.82) is 0 Å². The molecule has 0 amide bonds. The molecule has 3 atom stereocenters. The number of carboxylic acid groups (broad SMARTS) is 1. The first-order valence-corrected chi connectivity index (χ1v) is 8.09. The molecule has 2 saturated carbocycles. The van der Waals surface area contributed by atoms with Crippen LogP contribution >= 0.6 is 0 Å². The van der Waals surface area contributed by atoms with E-state index in [9.17, 15) is 4.79 Å². The number of fused-ring (bicyclic) bond motifs is 2. The predicted molar refractivity (Wildman–Crippen MR) is 83.1 cm³/mol. The number of hydrogen-bond donors (Lipinski definition) is 1. The molecule has 0 radical (unpaired) electrons. The summed E-state index contributed by atoms with van der Waals surface area (Å²) in [5, 5.41) is 9.01. The first-order valence-electron chi connectivity index (χ1n) is 8.09. The maximum Gasteiger partial charge on any atom is 0.307 e. The van der Waals surface area contributed by atoms with Crippen molar-refractivity contribution in [2.75, 3.05) is 13.6 Å². The van der Waals surface area contributed by atoms with E-state index in [0.717, 1.165) is 42.0 Å². The smallest absolute Gasteiger partial charge is 0.307 e. The van der Waals surface area contributed by atoms with Gasteiger partial charge in [-0.1, -0.05) is 30.7 Å². The topological polar surface area (TPSA) is 40.5 Å². The van der Waals surface area contributed by atoms with Gasteiger partial charge in [0.2, 0.25) is 0 Å². The second-order valence-electron chi connectivity index (χ2n) is 6.97. The van der Waals surface area contributed by atoms with Gasteiger partial charge < -0.3 is 10.0 Å². The molecule has 3 heteroatoms. The Morgan fingerprint density at radius 3 is 2.62 bits per heavy atom. The third-order valence-electron chi connectivity index (χ3n) is 5.33. The maximum absolute atomic E-state index is 11.0.